The van der Waals surface area contributed by atoms with Gasteiger partial charge in [-0.15, -0.1) is 0 Å². The third-order valence-electron chi connectivity index (χ3n) is 5.95. The van der Waals surface area contributed by atoms with Crippen LogP contribution in [-0.4, -0.2) is 35.0 Å². The van der Waals surface area contributed by atoms with Crippen LogP contribution in [0.4, 0.5) is 5.69 Å². The molecular formula is C24H25N5O3S. The topological polar surface area (TPSA) is 105 Å². The molecule has 8 nitrogen and oxygen atoms in total. The van der Waals surface area contributed by atoms with Crippen LogP contribution >= 0.6 is 0 Å². The number of benzene rings is 2. The summed E-state index contributed by atoms with van der Waals surface area (Å²) in [5.74, 6) is -0.191. The Hall–Kier alpha value is -3.30. The van der Waals surface area contributed by atoms with Gasteiger partial charge in [-0.2, -0.15) is 5.10 Å². The molecule has 0 aliphatic heterocycles. The van der Waals surface area contributed by atoms with E-state index < -0.39 is 10.0 Å². The van der Waals surface area contributed by atoms with E-state index in [2.05, 4.69) is 15.1 Å². The van der Waals surface area contributed by atoms with Gasteiger partial charge >= 0.3 is 0 Å². The molecule has 1 amide bonds. The number of aromatic nitrogens is 3. The predicted octanol–water partition coefficient (Wildman–Crippen LogP) is 3.51. The number of carbonyl (C=O) groups is 1. The summed E-state index contributed by atoms with van der Waals surface area (Å²) < 4.78 is 29.4. The summed E-state index contributed by atoms with van der Waals surface area (Å²) in [6, 6.07) is 14.2. The van der Waals surface area contributed by atoms with Crippen LogP contribution in [0.2, 0.25) is 0 Å². The molecule has 9 heteroatoms. The SMILES string of the molecule is Cc1nc2c3ccccc3nn2c(C)c1CCC(=O)Nc1cccc(S(=O)(=O)NC2CC2)c1. The van der Waals surface area contributed by atoms with Crippen molar-refractivity contribution in [1.29, 1.82) is 0 Å². The molecule has 0 unspecified atom stereocenters. The number of nitrogens with zero attached hydrogens (tertiary/aromatic N) is 3. The van der Waals surface area contributed by atoms with Crippen LogP contribution in [0.15, 0.2) is 53.4 Å². The normalized spacial score (nSPS) is 14.1. The van der Waals surface area contributed by atoms with E-state index in [0.29, 0.717) is 12.1 Å². The summed E-state index contributed by atoms with van der Waals surface area (Å²) >= 11 is 0. The lowest BCUT2D eigenvalue weighted by Gasteiger charge is -2.12. The minimum Gasteiger partial charge on any atom is -0.326 e. The first-order valence-corrected chi connectivity index (χ1v) is 12.5. The molecule has 170 valence electrons. The Morgan fingerprint density at radius 2 is 1.91 bits per heavy atom. The fourth-order valence-electron chi connectivity index (χ4n) is 4.03. The summed E-state index contributed by atoms with van der Waals surface area (Å²) in [5.41, 5.74) is 4.97. The minimum atomic E-state index is -3.57. The molecule has 0 atom stereocenters. The molecule has 2 aromatic carbocycles. The van der Waals surface area contributed by atoms with E-state index >= 15 is 0 Å². The summed E-state index contributed by atoms with van der Waals surface area (Å²) in [4.78, 5) is 17.5. The second-order valence-corrected chi connectivity index (χ2v) is 10.2. The number of sulfonamides is 1. The lowest BCUT2D eigenvalue weighted by molar-refractivity contribution is -0.116. The third-order valence-corrected chi connectivity index (χ3v) is 7.47. The molecule has 1 fully saturated rings. The number of amides is 1. The van der Waals surface area contributed by atoms with Gasteiger partial charge in [-0.1, -0.05) is 18.2 Å². The first kappa shape index (κ1) is 21.5. The highest BCUT2D eigenvalue weighted by Gasteiger charge is 2.28. The van der Waals surface area contributed by atoms with Crippen molar-refractivity contribution in [3.63, 3.8) is 0 Å². The summed E-state index contributed by atoms with van der Waals surface area (Å²) in [7, 11) is -3.57. The number of hydrogen-bond donors (Lipinski definition) is 2. The van der Waals surface area contributed by atoms with Crippen molar-refractivity contribution in [2.24, 2.45) is 0 Å². The minimum absolute atomic E-state index is 0.0260. The number of nitrogens with one attached hydrogen (secondary N) is 2. The molecule has 1 aliphatic rings. The lowest BCUT2D eigenvalue weighted by Crippen LogP contribution is -2.25. The van der Waals surface area contributed by atoms with Crippen molar-refractivity contribution in [2.75, 3.05) is 5.32 Å². The van der Waals surface area contributed by atoms with Crippen LogP contribution < -0.4 is 10.0 Å². The molecule has 0 spiro atoms. The van der Waals surface area contributed by atoms with Gasteiger partial charge in [0.25, 0.3) is 0 Å². The van der Waals surface area contributed by atoms with E-state index in [1.165, 1.54) is 12.1 Å². The number of carbonyl (C=O) groups excluding carboxylic acids is 1. The Balaban J connectivity index is 1.31. The zero-order valence-electron chi connectivity index (χ0n) is 18.5. The molecule has 0 saturated heterocycles. The highest BCUT2D eigenvalue weighted by Crippen LogP contribution is 2.25. The van der Waals surface area contributed by atoms with E-state index in [-0.39, 0.29) is 23.3 Å². The average molecular weight is 464 g/mol. The largest absolute Gasteiger partial charge is 0.326 e. The van der Waals surface area contributed by atoms with E-state index in [1.54, 1.807) is 12.1 Å². The first-order valence-electron chi connectivity index (χ1n) is 11.0. The number of aryl methyl sites for hydroxylation is 2. The molecule has 2 aromatic heterocycles. The molecule has 4 aromatic rings. The Bertz CT molecular complexity index is 1490. The Morgan fingerprint density at radius 3 is 2.70 bits per heavy atom. The van der Waals surface area contributed by atoms with Crippen LogP contribution in [0, 0.1) is 13.8 Å². The van der Waals surface area contributed by atoms with Gasteiger partial charge in [0.2, 0.25) is 15.9 Å². The smallest absolute Gasteiger partial charge is 0.240 e. The van der Waals surface area contributed by atoms with Gasteiger partial charge in [0.05, 0.1) is 10.4 Å². The highest BCUT2D eigenvalue weighted by molar-refractivity contribution is 7.89. The maximum atomic E-state index is 12.6. The zero-order valence-corrected chi connectivity index (χ0v) is 19.3. The third kappa shape index (κ3) is 4.34. The van der Waals surface area contributed by atoms with Crippen LogP contribution in [-0.2, 0) is 21.2 Å². The molecule has 0 bridgehead atoms. The van der Waals surface area contributed by atoms with E-state index in [4.69, 9.17) is 4.98 Å². The number of rotatable bonds is 7. The molecule has 1 aliphatic carbocycles. The number of fused-ring (bicyclic) bond motifs is 3. The quantitative estimate of drug-likeness (QED) is 0.436. The van der Waals surface area contributed by atoms with Crippen molar-refractivity contribution in [1.82, 2.24) is 19.3 Å². The highest BCUT2D eigenvalue weighted by atomic mass is 32.2. The van der Waals surface area contributed by atoms with Gasteiger partial charge in [0, 0.05) is 34.9 Å². The maximum absolute atomic E-state index is 12.6. The van der Waals surface area contributed by atoms with Crippen molar-refractivity contribution < 1.29 is 13.2 Å². The maximum Gasteiger partial charge on any atom is 0.240 e. The molecular weight excluding hydrogens is 438 g/mol. The van der Waals surface area contributed by atoms with Gasteiger partial charge in [-0.25, -0.2) is 22.6 Å². The van der Waals surface area contributed by atoms with Crippen LogP contribution in [0.3, 0.4) is 0 Å². The molecule has 0 radical (unpaired) electrons. The summed E-state index contributed by atoms with van der Waals surface area (Å²) in [5, 5.41) is 8.48. The molecule has 2 N–H and O–H groups in total. The van der Waals surface area contributed by atoms with E-state index in [0.717, 1.165) is 46.3 Å². The average Bonchev–Trinajstić information content (AvgIpc) is 3.51. The van der Waals surface area contributed by atoms with Crippen molar-refractivity contribution in [3.05, 3.63) is 65.5 Å². The van der Waals surface area contributed by atoms with E-state index in [1.807, 2.05) is 42.6 Å². The molecule has 33 heavy (non-hydrogen) atoms. The summed E-state index contributed by atoms with van der Waals surface area (Å²) in [6.45, 7) is 3.94. The molecule has 1 saturated carbocycles. The Kier molecular flexibility index (Phi) is 5.38. The molecule has 2 heterocycles. The van der Waals surface area contributed by atoms with Gasteiger partial charge in [-0.3, -0.25) is 4.79 Å². The van der Waals surface area contributed by atoms with Gasteiger partial charge in [0.15, 0.2) is 5.65 Å². The lowest BCUT2D eigenvalue weighted by atomic mass is 10.1. The predicted molar refractivity (Wildman–Crippen MR) is 127 cm³/mol. The fourth-order valence-corrected chi connectivity index (χ4v) is 5.38. The second kappa shape index (κ2) is 8.24. The Labute approximate surface area is 192 Å². The van der Waals surface area contributed by atoms with Crippen LogP contribution in [0.25, 0.3) is 16.6 Å². The van der Waals surface area contributed by atoms with Gasteiger partial charge in [0.1, 0.15) is 0 Å². The van der Waals surface area contributed by atoms with Crippen molar-refractivity contribution in [3.8, 4) is 0 Å². The number of anilines is 1. The van der Waals surface area contributed by atoms with E-state index in [9.17, 15) is 13.2 Å². The number of hydrogen-bond acceptors (Lipinski definition) is 5. The van der Waals surface area contributed by atoms with Crippen LogP contribution in [0.1, 0.15) is 36.2 Å². The Morgan fingerprint density at radius 1 is 1.12 bits per heavy atom. The fraction of sp³-hybridized carbons (Fsp3) is 0.292. The first-order chi connectivity index (χ1) is 15.8. The van der Waals surface area contributed by atoms with Gasteiger partial charge in [-0.05, 0) is 69.0 Å². The second-order valence-electron chi connectivity index (χ2n) is 8.49. The van der Waals surface area contributed by atoms with Crippen LogP contribution in [0.5, 0.6) is 0 Å². The summed E-state index contributed by atoms with van der Waals surface area (Å²) in [6.07, 6.45) is 2.48. The molecule has 5 rings (SSSR count). The van der Waals surface area contributed by atoms with Crippen molar-refractivity contribution >= 4 is 38.2 Å². The van der Waals surface area contributed by atoms with Gasteiger partial charge < -0.3 is 5.32 Å². The standard InChI is InChI=1S/C24H25N5O3S/c1-15-20(16(2)29-24(25-15)21-8-3-4-9-22(21)27-29)12-13-23(30)26-18-6-5-7-19(14-18)33(31,32)28-17-10-11-17/h3-9,14,17,28H,10-13H2,1-2H3,(H,26,30). The monoisotopic (exact) mass is 463 g/mol. The van der Waals surface area contributed by atoms with Crippen molar-refractivity contribution in [2.45, 2.75) is 50.5 Å². The zero-order chi connectivity index (χ0) is 23.2.